The molecule has 0 radical (unpaired) electrons. The van der Waals surface area contributed by atoms with Crippen molar-refractivity contribution >= 4 is 21.9 Å². The van der Waals surface area contributed by atoms with E-state index in [1.54, 1.807) is 19.5 Å². The van der Waals surface area contributed by atoms with Gasteiger partial charge in [-0.3, -0.25) is 0 Å². The van der Waals surface area contributed by atoms with Crippen LogP contribution in [0.4, 0.5) is 5.95 Å². The molecule has 0 saturated heterocycles. The van der Waals surface area contributed by atoms with E-state index >= 15 is 0 Å². The molecule has 1 N–H and O–H groups in total. The zero-order valence-electron chi connectivity index (χ0n) is 11.3. The lowest BCUT2D eigenvalue weighted by Crippen LogP contribution is -2.23. The third-order valence-corrected chi connectivity index (χ3v) is 2.97. The molecule has 0 aliphatic heterocycles. The highest BCUT2D eigenvalue weighted by atomic mass is 79.9. The molecule has 0 aliphatic carbocycles. The highest BCUT2D eigenvalue weighted by molar-refractivity contribution is 9.10. The monoisotopic (exact) mass is 337 g/mol. The molecule has 6 heteroatoms. The topological polar surface area (TPSA) is 56.3 Å². The van der Waals surface area contributed by atoms with Gasteiger partial charge in [0.2, 0.25) is 5.95 Å². The molecule has 0 saturated carbocycles. The number of benzene rings is 1. The second kappa shape index (κ2) is 7.09. The maximum absolute atomic E-state index is 5.83. The predicted octanol–water partition coefficient (Wildman–Crippen LogP) is 3.13. The van der Waals surface area contributed by atoms with Crippen molar-refractivity contribution in [3.63, 3.8) is 0 Å². The summed E-state index contributed by atoms with van der Waals surface area (Å²) >= 11 is 3.29. The summed E-state index contributed by atoms with van der Waals surface area (Å²) in [6.07, 6.45) is 3.35. The minimum Gasteiger partial charge on any atom is -0.493 e. The molecular formula is C14H16BrN3O2. The summed E-state index contributed by atoms with van der Waals surface area (Å²) in [6.45, 7) is 2.57. The predicted molar refractivity (Wildman–Crippen MR) is 81.3 cm³/mol. The van der Waals surface area contributed by atoms with Crippen LogP contribution in [0.1, 0.15) is 6.92 Å². The van der Waals surface area contributed by atoms with Crippen LogP contribution in [0.15, 0.2) is 41.1 Å². The van der Waals surface area contributed by atoms with Gasteiger partial charge < -0.3 is 14.8 Å². The number of anilines is 1. The molecular weight excluding hydrogens is 322 g/mol. The number of aromatic nitrogens is 2. The largest absolute Gasteiger partial charge is 0.493 e. The number of ether oxygens (including phenoxy) is 2. The lowest BCUT2D eigenvalue weighted by atomic mass is 10.3. The summed E-state index contributed by atoms with van der Waals surface area (Å²) in [6, 6.07) is 7.57. The summed E-state index contributed by atoms with van der Waals surface area (Å²) < 4.78 is 11.9. The fraction of sp³-hybridized carbons (Fsp3) is 0.286. The van der Waals surface area contributed by atoms with Gasteiger partial charge in [-0.05, 0) is 35.0 Å². The van der Waals surface area contributed by atoms with E-state index in [0.717, 1.165) is 16.0 Å². The Labute approximate surface area is 126 Å². The highest BCUT2D eigenvalue weighted by Crippen LogP contribution is 2.26. The van der Waals surface area contributed by atoms with Crippen molar-refractivity contribution in [2.75, 3.05) is 19.0 Å². The van der Waals surface area contributed by atoms with E-state index in [2.05, 4.69) is 31.2 Å². The Morgan fingerprint density at radius 3 is 2.50 bits per heavy atom. The molecule has 1 atom stereocenters. The Morgan fingerprint density at radius 2 is 1.85 bits per heavy atom. The van der Waals surface area contributed by atoms with Crippen molar-refractivity contribution in [2.24, 2.45) is 0 Å². The van der Waals surface area contributed by atoms with Crippen molar-refractivity contribution in [2.45, 2.75) is 13.0 Å². The molecule has 1 aromatic carbocycles. The molecule has 0 amide bonds. The van der Waals surface area contributed by atoms with Crippen LogP contribution in [-0.2, 0) is 0 Å². The molecule has 20 heavy (non-hydrogen) atoms. The lowest BCUT2D eigenvalue weighted by Gasteiger charge is -2.17. The Bertz CT molecular complexity index is 548. The minimum atomic E-state index is -0.0430. The molecule has 0 spiro atoms. The van der Waals surface area contributed by atoms with E-state index in [-0.39, 0.29) is 6.10 Å². The number of halogens is 1. The van der Waals surface area contributed by atoms with Crippen molar-refractivity contribution < 1.29 is 9.47 Å². The van der Waals surface area contributed by atoms with E-state index in [4.69, 9.17) is 9.47 Å². The van der Waals surface area contributed by atoms with Gasteiger partial charge in [-0.15, -0.1) is 0 Å². The molecule has 1 unspecified atom stereocenters. The Balaban J connectivity index is 1.89. The molecule has 1 aromatic heterocycles. The molecule has 0 bridgehead atoms. The SMILES string of the molecule is COc1ccccc1OC(C)CNc1ncc(Br)cn1. The fourth-order valence-corrected chi connectivity index (χ4v) is 1.82. The first-order valence-electron chi connectivity index (χ1n) is 6.20. The number of hydrogen-bond donors (Lipinski definition) is 1. The maximum atomic E-state index is 5.83. The van der Waals surface area contributed by atoms with Gasteiger partial charge in [-0.25, -0.2) is 9.97 Å². The van der Waals surface area contributed by atoms with Gasteiger partial charge in [-0.2, -0.15) is 0 Å². The van der Waals surface area contributed by atoms with Crippen molar-refractivity contribution in [3.8, 4) is 11.5 Å². The summed E-state index contributed by atoms with van der Waals surface area (Å²) in [4.78, 5) is 8.28. The quantitative estimate of drug-likeness (QED) is 0.877. The van der Waals surface area contributed by atoms with Gasteiger partial charge >= 0.3 is 0 Å². The van der Waals surface area contributed by atoms with Crippen molar-refractivity contribution in [1.29, 1.82) is 0 Å². The first-order valence-corrected chi connectivity index (χ1v) is 6.99. The number of para-hydroxylation sites is 2. The third-order valence-electron chi connectivity index (χ3n) is 2.57. The Hall–Kier alpha value is -1.82. The molecule has 2 aromatic rings. The molecule has 0 aliphatic rings. The van der Waals surface area contributed by atoms with Crippen LogP contribution in [0.2, 0.25) is 0 Å². The number of rotatable bonds is 6. The summed E-state index contributed by atoms with van der Waals surface area (Å²) in [7, 11) is 1.63. The van der Waals surface area contributed by atoms with Gasteiger partial charge in [0.25, 0.3) is 0 Å². The standard InChI is InChI=1S/C14H16BrN3O2/c1-10(7-16-14-17-8-11(15)9-18-14)20-13-6-4-3-5-12(13)19-2/h3-6,8-10H,7H2,1-2H3,(H,16,17,18). The van der Waals surface area contributed by atoms with Crippen LogP contribution < -0.4 is 14.8 Å². The maximum Gasteiger partial charge on any atom is 0.222 e. The van der Waals surface area contributed by atoms with E-state index in [1.165, 1.54) is 0 Å². The van der Waals surface area contributed by atoms with Crippen molar-refractivity contribution in [3.05, 3.63) is 41.1 Å². The van der Waals surface area contributed by atoms with E-state index in [1.807, 2.05) is 31.2 Å². The fourth-order valence-electron chi connectivity index (χ4n) is 1.61. The van der Waals surface area contributed by atoms with Crippen LogP contribution in [-0.4, -0.2) is 29.7 Å². The highest BCUT2D eigenvalue weighted by Gasteiger charge is 2.08. The minimum absolute atomic E-state index is 0.0430. The molecule has 0 fully saturated rings. The van der Waals surface area contributed by atoms with Crippen LogP contribution in [0.25, 0.3) is 0 Å². The van der Waals surface area contributed by atoms with Gasteiger partial charge in [-0.1, -0.05) is 12.1 Å². The molecule has 1 heterocycles. The number of methoxy groups -OCH3 is 1. The Kier molecular flexibility index (Phi) is 5.17. The molecule has 2 rings (SSSR count). The summed E-state index contributed by atoms with van der Waals surface area (Å²) in [5, 5.41) is 3.12. The molecule has 106 valence electrons. The third kappa shape index (κ3) is 4.09. The smallest absolute Gasteiger partial charge is 0.222 e. The van der Waals surface area contributed by atoms with Crippen LogP contribution in [0.5, 0.6) is 11.5 Å². The Morgan fingerprint density at radius 1 is 1.20 bits per heavy atom. The first-order chi connectivity index (χ1) is 9.69. The van der Waals surface area contributed by atoms with E-state index in [0.29, 0.717) is 12.5 Å². The normalized spacial score (nSPS) is 11.8. The van der Waals surface area contributed by atoms with Crippen LogP contribution >= 0.6 is 15.9 Å². The van der Waals surface area contributed by atoms with E-state index in [9.17, 15) is 0 Å². The average Bonchev–Trinajstić information content (AvgIpc) is 2.47. The average molecular weight is 338 g/mol. The second-order valence-corrected chi connectivity index (χ2v) is 5.10. The van der Waals surface area contributed by atoms with Crippen LogP contribution in [0, 0.1) is 0 Å². The lowest BCUT2D eigenvalue weighted by molar-refractivity contribution is 0.223. The molecule has 5 nitrogen and oxygen atoms in total. The number of hydrogen-bond acceptors (Lipinski definition) is 5. The van der Waals surface area contributed by atoms with Gasteiger partial charge in [0.05, 0.1) is 18.1 Å². The summed E-state index contributed by atoms with van der Waals surface area (Å²) in [5.74, 6) is 2.02. The number of nitrogens with one attached hydrogen (secondary N) is 1. The van der Waals surface area contributed by atoms with Gasteiger partial charge in [0.15, 0.2) is 11.5 Å². The van der Waals surface area contributed by atoms with Gasteiger partial charge in [0, 0.05) is 12.4 Å². The summed E-state index contributed by atoms with van der Waals surface area (Å²) in [5.41, 5.74) is 0. The second-order valence-electron chi connectivity index (χ2n) is 4.19. The van der Waals surface area contributed by atoms with Gasteiger partial charge in [0.1, 0.15) is 6.10 Å². The first kappa shape index (κ1) is 14.6. The van der Waals surface area contributed by atoms with E-state index < -0.39 is 0 Å². The zero-order chi connectivity index (χ0) is 14.4. The number of nitrogens with zero attached hydrogens (tertiary/aromatic N) is 2. The van der Waals surface area contributed by atoms with Crippen LogP contribution in [0.3, 0.4) is 0 Å². The zero-order valence-corrected chi connectivity index (χ0v) is 12.9. The van der Waals surface area contributed by atoms with Crippen molar-refractivity contribution in [1.82, 2.24) is 9.97 Å².